The fourth-order valence-corrected chi connectivity index (χ4v) is 7.80. The van der Waals surface area contributed by atoms with Crippen LogP contribution in [0.4, 0.5) is 5.69 Å². The molecule has 2 amide bonds. The molecule has 3 aromatic carbocycles. The van der Waals surface area contributed by atoms with Crippen LogP contribution in [0, 0.1) is 12.8 Å². The Balaban J connectivity index is 1.37. The summed E-state index contributed by atoms with van der Waals surface area (Å²) in [5.74, 6) is -0.113. The summed E-state index contributed by atoms with van der Waals surface area (Å²) in [6.45, 7) is 2.41. The number of aryl methyl sites for hydroxylation is 1. The molecular formula is C30H26N2O6S2. The summed E-state index contributed by atoms with van der Waals surface area (Å²) < 4.78 is 17.0. The number of nitrogens with zero attached hydrogens (tertiary/aromatic N) is 1. The molecule has 1 N–H and O–H groups in total. The lowest BCUT2D eigenvalue weighted by Crippen LogP contribution is -2.32. The lowest BCUT2D eigenvalue weighted by atomic mass is 9.83. The van der Waals surface area contributed by atoms with Gasteiger partial charge in [-0.15, -0.1) is 0 Å². The van der Waals surface area contributed by atoms with Crippen LogP contribution in [0.15, 0.2) is 76.6 Å². The van der Waals surface area contributed by atoms with E-state index in [0.29, 0.717) is 34.6 Å². The number of rotatable bonds is 7. The van der Waals surface area contributed by atoms with Gasteiger partial charge < -0.3 is 19.2 Å². The minimum atomic E-state index is -0.693. The Labute approximate surface area is 238 Å². The first kappa shape index (κ1) is 26.2. The minimum absolute atomic E-state index is 0.223. The molecule has 1 aromatic heterocycles. The van der Waals surface area contributed by atoms with Gasteiger partial charge in [-0.3, -0.25) is 14.4 Å². The highest BCUT2D eigenvalue weighted by Crippen LogP contribution is 2.53. The molecule has 3 unspecified atom stereocenters. The maximum Gasteiger partial charge on any atom is 0.305 e. The molecule has 0 radical (unpaired) electrons. The van der Waals surface area contributed by atoms with Crippen LogP contribution in [0.3, 0.4) is 0 Å². The van der Waals surface area contributed by atoms with Crippen molar-refractivity contribution < 1.29 is 23.8 Å². The number of thiazole rings is 1. The van der Waals surface area contributed by atoms with Gasteiger partial charge in [0.25, 0.3) is 0 Å². The van der Waals surface area contributed by atoms with Crippen molar-refractivity contribution >= 4 is 40.6 Å². The van der Waals surface area contributed by atoms with Crippen LogP contribution in [0.5, 0.6) is 17.2 Å². The molecule has 4 aromatic rings. The zero-order valence-corrected chi connectivity index (χ0v) is 23.6. The molecule has 10 heteroatoms. The number of fused-ring (bicyclic) bond motifs is 2. The van der Waals surface area contributed by atoms with Crippen molar-refractivity contribution in [2.24, 2.45) is 5.92 Å². The number of carbonyl (C=O) groups is 2. The fourth-order valence-electron chi connectivity index (χ4n) is 5.29. The molecule has 2 aliphatic heterocycles. The Hall–Kier alpha value is -4.02. The first-order valence-electron chi connectivity index (χ1n) is 12.7. The molecule has 0 spiro atoms. The number of hydrogen-bond acceptors (Lipinski definition) is 8. The van der Waals surface area contributed by atoms with Gasteiger partial charge >= 0.3 is 4.87 Å². The zero-order chi connectivity index (χ0) is 28.0. The molecule has 204 valence electrons. The van der Waals surface area contributed by atoms with Crippen molar-refractivity contribution in [3.05, 3.63) is 98.0 Å². The van der Waals surface area contributed by atoms with E-state index in [1.54, 1.807) is 38.5 Å². The molecule has 6 rings (SSSR count). The number of carbonyl (C=O) groups excluding carboxylic acids is 2. The standard InChI is InChI=1S/C30H26N2O6S2/c1-16-6-4-5-7-18(16)15-38-21-13-8-17(14-22(21)37-3)23-24-26(39-27-25(23)40-30(35)31-27)29(34)32(28(24)33)19-9-11-20(36-2)12-10-19/h4-14,23-24,26H,15H2,1-3H3,(H,31,35). The van der Waals surface area contributed by atoms with Gasteiger partial charge in [0, 0.05) is 10.8 Å². The van der Waals surface area contributed by atoms with Crippen molar-refractivity contribution in [3.63, 3.8) is 0 Å². The largest absolute Gasteiger partial charge is 0.497 e. The van der Waals surface area contributed by atoms with Crippen molar-refractivity contribution in [1.29, 1.82) is 0 Å². The highest BCUT2D eigenvalue weighted by Gasteiger charge is 2.56. The lowest BCUT2D eigenvalue weighted by molar-refractivity contribution is -0.122. The Bertz CT molecular complexity index is 1660. The van der Waals surface area contributed by atoms with E-state index in [4.69, 9.17) is 14.2 Å². The minimum Gasteiger partial charge on any atom is -0.497 e. The average Bonchev–Trinajstić information content (AvgIpc) is 3.46. The van der Waals surface area contributed by atoms with Crippen molar-refractivity contribution in [1.82, 2.24) is 4.98 Å². The normalized spacial score (nSPS) is 19.8. The molecule has 40 heavy (non-hydrogen) atoms. The number of benzene rings is 3. The summed E-state index contributed by atoms with van der Waals surface area (Å²) in [5, 5.41) is -0.0573. The van der Waals surface area contributed by atoms with E-state index in [2.05, 4.69) is 4.98 Å². The van der Waals surface area contributed by atoms with Crippen molar-refractivity contribution in [2.45, 2.75) is 29.7 Å². The van der Waals surface area contributed by atoms with Crippen molar-refractivity contribution in [2.75, 3.05) is 19.1 Å². The maximum atomic E-state index is 13.9. The van der Waals surface area contributed by atoms with Crippen LogP contribution in [0.2, 0.25) is 0 Å². The molecule has 8 nitrogen and oxygen atoms in total. The monoisotopic (exact) mass is 574 g/mol. The van der Waals surface area contributed by atoms with Gasteiger partial charge in [0.2, 0.25) is 11.8 Å². The summed E-state index contributed by atoms with van der Waals surface area (Å²) in [6.07, 6.45) is 0. The first-order chi connectivity index (χ1) is 19.4. The van der Waals surface area contributed by atoms with Crippen LogP contribution in [-0.4, -0.2) is 36.3 Å². The quantitative estimate of drug-likeness (QED) is 0.306. The predicted octanol–water partition coefficient (Wildman–Crippen LogP) is 5.14. The number of aromatic amines is 1. The number of anilines is 1. The Kier molecular flexibility index (Phi) is 6.89. The number of amides is 2. The second-order valence-electron chi connectivity index (χ2n) is 9.59. The predicted molar refractivity (Wildman–Crippen MR) is 154 cm³/mol. The third kappa shape index (κ3) is 4.47. The molecule has 0 bridgehead atoms. The van der Waals surface area contributed by atoms with E-state index in [1.165, 1.54) is 16.7 Å². The molecule has 1 saturated heterocycles. The van der Waals surface area contributed by atoms with Gasteiger partial charge in [0.05, 0.1) is 30.9 Å². The van der Waals surface area contributed by atoms with E-state index in [-0.39, 0.29) is 16.7 Å². The van der Waals surface area contributed by atoms with Gasteiger partial charge in [0.15, 0.2) is 11.5 Å². The van der Waals surface area contributed by atoms with E-state index >= 15 is 0 Å². The average molecular weight is 575 g/mol. The van der Waals surface area contributed by atoms with Crippen LogP contribution in [-0.2, 0) is 16.2 Å². The number of thioether (sulfide) groups is 1. The zero-order valence-electron chi connectivity index (χ0n) is 22.0. The fraction of sp³-hybridized carbons (Fsp3) is 0.233. The number of imide groups is 1. The smallest absolute Gasteiger partial charge is 0.305 e. The topological polar surface area (TPSA) is 97.9 Å². The maximum absolute atomic E-state index is 13.9. The highest BCUT2D eigenvalue weighted by atomic mass is 32.2. The van der Waals surface area contributed by atoms with Gasteiger partial charge in [-0.05, 0) is 60.0 Å². The summed E-state index contributed by atoms with van der Waals surface area (Å²) in [7, 11) is 3.12. The number of hydrogen-bond donors (Lipinski definition) is 1. The van der Waals surface area contributed by atoms with Crippen LogP contribution < -0.4 is 24.0 Å². The number of H-pyrrole nitrogens is 1. The van der Waals surface area contributed by atoms with Crippen LogP contribution in [0.1, 0.15) is 27.5 Å². The Morgan fingerprint density at radius 3 is 2.40 bits per heavy atom. The number of ether oxygens (including phenoxy) is 3. The summed E-state index contributed by atoms with van der Waals surface area (Å²) >= 11 is 2.32. The molecule has 3 atom stereocenters. The number of methoxy groups -OCH3 is 2. The second-order valence-corrected chi connectivity index (χ2v) is 11.8. The summed E-state index contributed by atoms with van der Waals surface area (Å²) in [6, 6.07) is 20.4. The molecule has 0 aliphatic carbocycles. The Morgan fingerprint density at radius 1 is 0.900 bits per heavy atom. The van der Waals surface area contributed by atoms with Crippen LogP contribution >= 0.6 is 23.1 Å². The highest BCUT2D eigenvalue weighted by molar-refractivity contribution is 8.00. The molecule has 2 aliphatic rings. The molecular weight excluding hydrogens is 548 g/mol. The number of aromatic nitrogens is 1. The molecule has 3 heterocycles. The van der Waals surface area contributed by atoms with Crippen LogP contribution in [0.25, 0.3) is 0 Å². The third-order valence-electron chi connectivity index (χ3n) is 7.35. The van der Waals surface area contributed by atoms with E-state index in [9.17, 15) is 14.4 Å². The summed E-state index contributed by atoms with van der Waals surface area (Å²) in [5.41, 5.74) is 3.45. The molecule has 1 fully saturated rings. The van der Waals surface area contributed by atoms with E-state index < -0.39 is 17.1 Å². The number of nitrogens with one attached hydrogen (secondary N) is 1. The SMILES string of the molecule is COc1ccc(N2C(=O)C3Sc4[nH]c(=O)sc4C(c4ccc(OCc5ccccc5C)c(OC)c4)C3C2=O)cc1. The van der Waals surface area contributed by atoms with Gasteiger partial charge in [-0.1, -0.05) is 53.4 Å². The Morgan fingerprint density at radius 2 is 1.68 bits per heavy atom. The van der Waals surface area contributed by atoms with E-state index in [0.717, 1.165) is 32.9 Å². The third-order valence-corrected chi connectivity index (χ3v) is 9.75. The van der Waals surface area contributed by atoms with Gasteiger partial charge in [0.1, 0.15) is 17.6 Å². The van der Waals surface area contributed by atoms with Crippen molar-refractivity contribution in [3.8, 4) is 17.2 Å². The lowest BCUT2D eigenvalue weighted by Gasteiger charge is -2.30. The first-order valence-corrected chi connectivity index (χ1v) is 14.4. The summed E-state index contributed by atoms with van der Waals surface area (Å²) in [4.78, 5) is 44.6. The van der Waals surface area contributed by atoms with E-state index in [1.807, 2.05) is 49.4 Å². The molecule has 0 saturated carbocycles. The van der Waals surface area contributed by atoms with Gasteiger partial charge in [-0.25, -0.2) is 4.90 Å². The second kappa shape index (κ2) is 10.5. The van der Waals surface area contributed by atoms with Gasteiger partial charge in [-0.2, -0.15) is 0 Å².